The van der Waals surface area contributed by atoms with E-state index in [0.29, 0.717) is 11.3 Å². The molecule has 0 atom stereocenters. The van der Waals surface area contributed by atoms with Crippen LogP contribution in [0.15, 0.2) is 28.7 Å². The average Bonchev–Trinajstić information content (AvgIpc) is 2.14. The Bertz CT molecular complexity index is 424. The molecule has 0 fully saturated rings. The van der Waals surface area contributed by atoms with Crippen molar-refractivity contribution in [3.8, 4) is 5.75 Å². The number of hydrogen-bond acceptors (Lipinski definition) is 3. The van der Waals surface area contributed by atoms with E-state index in [-0.39, 0.29) is 0 Å². The zero-order valence-electron chi connectivity index (χ0n) is 7.34. The van der Waals surface area contributed by atoms with E-state index in [2.05, 4.69) is 4.40 Å². The van der Waals surface area contributed by atoms with Gasteiger partial charge in [0.2, 0.25) is 0 Å². The molecule has 76 valence electrons. The predicted molar refractivity (Wildman–Crippen MR) is 55.4 cm³/mol. The fraction of sp³-hybridized carbons (Fsp3) is 0.125. The minimum atomic E-state index is -3.83. The Morgan fingerprint density at radius 2 is 1.93 bits per heavy atom. The molecule has 6 heteroatoms. The molecule has 0 aromatic heterocycles. The molecule has 1 rings (SSSR count). The second-order valence-electron chi connectivity index (χ2n) is 2.42. The predicted octanol–water partition coefficient (Wildman–Crippen LogP) is 1.60. The summed E-state index contributed by atoms with van der Waals surface area (Å²) in [6, 6.07) is 6.74. The topological polar surface area (TPSA) is 55.7 Å². The van der Waals surface area contributed by atoms with Crippen LogP contribution in [-0.4, -0.2) is 21.7 Å². The van der Waals surface area contributed by atoms with Crippen LogP contribution in [0.2, 0.25) is 0 Å². The summed E-state index contributed by atoms with van der Waals surface area (Å²) in [5, 5.41) is 0. The van der Waals surface area contributed by atoms with E-state index in [4.69, 9.17) is 15.4 Å². The Morgan fingerprint density at radius 3 is 2.36 bits per heavy atom. The van der Waals surface area contributed by atoms with Gasteiger partial charge in [0.05, 0.1) is 7.11 Å². The summed E-state index contributed by atoms with van der Waals surface area (Å²) >= 11 is 0. The molecular weight excluding hydrogens is 226 g/mol. The zero-order chi connectivity index (χ0) is 10.6. The number of halogens is 1. The average molecular weight is 234 g/mol. The van der Waals surface area contributed by atoms with Crippen molar-refractivity contribution in [3.63, 3.8) is 0 Å². The molecule has 0 saturated heterocycles. The van der Waals surface area contributed by atoms with Crippen molar-refractivity contribution in [2.24, 2.45) is 4.40 Å². The summed E-state index contributed by atoms with van der Waals surface area (Å²) in [6.07, 6.45) is 1.17. The molecule has 4 nitrogen and oxygen atoms in total. The summed E-state index contributed by atoms with van der Waals surface area (Å²) < 4.78 is 29.0. The van der Waals surface area contributed by atoms with Crippen LogP contribution in [0.25, 0.3) is 0 Å². The number of nitrogens with zero attached hydrogens (tertiary/aromatic N) is 1. The third-order valence-corrected chi connectivity index (χ3v) is 2.04. The maximum absolute atomic E-state index is 10.5. The van der Waals surface area contributed by atoms with E-state index in [1.54, 1.807) is 31.4 Å². The molecule has 0 aliphatic rings. The van der Waals surface area contributed by atoms with Crippen LogP contribution in [-0.2, 0) is 9.24 Å². The molecule has 0 amide bonds. The van der Waals surface area contributed by atoms with E-state index in [9.17, 15) is 8.42 Å². The number of hydrogen-bond donors (Lipinski definition) is 0. The molecule has 1 aromatic carbocycles. The fourth-order valence-electron chi connectivity index (χ4n) is 0.814. The van der Waals surface area contributed by atoms with Crippen LogP contribution < -0.4 is 4.74 Å². The maximum atomic E-state index is 10.5. The minimum absolute atomic E-state index is 0.634. The van der Waals surface area contributed by atoms with Gasteiger partial charge in [-0.1, -0.05) is 0 Å². The maximum Gasteiger partial charge on any atom is 0.339 e. The van der Waals surface area contributed by atoms with Crippen molar-refractivity contribution in [1.82, 2.24) is 0 Å². The van der Waals surface area contributed by atoms with E-state index >= 15 is 0 Å². The van der Waals surface area contributed by atoms with Gasteiger partial charge in [-0.3, -0.25) is 0 Å². The molecule has 0 unspecified atom stereocenters. The third-order valence-electron chi connectivity index (χ3n) is 1.44. The number of methoxy groups -OCH3 is 1. The zero-order valence-corrected chi connectivity index (χ0v) is 8.92. The van der Waals surface area contributed by atoms with Gasteiger partial charge in [-0.05, 0) is 29.8 Å². The Kier molecular flexibility index (Phi) is 3.49. The largest absolute Gasteiger partial charge is 0.497 e. The van der Waals surface area contributed by atoms with Gasteiger partial charge in [0.15, 0.2) is 0 Å². The van der Waals surface area contributed by atoms with Crippen molar-refractivity contribution in [3.05, 3.63) is 29.8 Å². The lowest BCUT2D eigenvalue weighted by Gasteiger charge is -1.97. The van der Waals surface area contributed by atoms with Gasteiger partial charge >= 0.3 is 9.24 Å². The molecule has 0 aliphatic carbocycles. The molecule has 0 bridgehead atoms. The standard InChI is InChI=1S/C8H8ClNO3S/c1-13-8-4-2-7(3-5-8)6-10-14(9,11)12/h2-6H,1H3/b10-6+. The van der Waals surface area contributed by atoms with Gasteiger partial charge in [0.25, 0.3) is 0 Å². The minimum Gasteiger partial charge on any atom is -0.497 e. The Labute approximate surface area is 86.7 Å². The van der Waals surface area contributed by atoms with Gasteiger partial charge in [-0.2, -0.15) is 12.8 Å². The second-order valence-corrected chi connectivity index (χ2v) is 4.62. The second kappa shape index (κ2) is 4.43. The van der Waals surface area contributed by atoms with Gasteiger partial charge < -0.3 is 4.74 Å². The highest BCUT2D eigenvalue weighted by atomic mass is 35.7. The highest BCUT2D eigenvalue weighted by molar-refractivity contribution is 8.12. The van der Waals surface area contributed by atoms with Crippen molar-refractivity contribution in [2.75, 3.05) is 7.11 Å². The van der Waals surface area contributed by atoms with Gasteiger partial charge in [-0.25, -0.2) is 0 Å². The first-order valence-electron chi connectivity index (χ1n) is 3.65. The van der Waals surface area contributed by atoms with Crippen LogP contribution in [0.4, 0.5) is 0 Å². The Morgan fingerprint density at radius 1 is 1.36 bits per heavy atom. The molecule has 1 aromatic rings. The lowest BCUT2D eigenvalue weighted by atomic mass is 10.2. The third kappa shape index (κ3) is 3.76. The highest BCUT2D eigenvalue weighted by Gasteiger charge is 1.97. The molecular formula is C8H8ClNO3S. The first-order chi connectivity index (χ1) is 6.51. The summed E-state index contributed by atoms with van der Waals surface area (Å²) in [5.74, 6) is 0.691. The Balaban J connectivity index is 2.84. The monoisotopic (exact) mass is 233 g/mol. The van der Waals surface area contributed by atoms with Crippen molar-refractivity contribution in [1.29, 1.82) is 0 Å². The highest BCUT2D eigenvalue weighted by Crippen LogP contribution is 2.10. The lowest BCUT2D eigenvalue weighted by molar-refractivity contribution is 0.415. The normalized spacial score (nSPS) is 11.9. The smallest absolute Gasteiger partial charge is 0.339 e. The fourth-order valence-corrected chi connectivity index (χ4v) is 1.18. The van der Waals surface area contributed by atoms with Crippen LogP contribution >= 0.6 is 10.7 Å². The van der Waals surface area contributed by atoms with Crippen LogP contribution in [0.3, 0.4) is 0 Å². The van der Waals surface area contributed by atoms with E-state index < -0.39 is 9.24 Å². The summed E-state index contributed by atoms with van der Waals surface area (Å²) in [6.45, 7) is 0. The molecule has 0 aliphatic heterocycles. The Hall–Kier alpha value is -1.07. The molecule has 0 spiro atoms. The molecule has 0 saturated carbocycles. The van der Waals surface area contributed by atoms with Crippen molar-refractivity contribution < 1.29 is 13.2 Å². The van der Waals surface area contributed by atoms with Crippen LogP contribution in [0.1, 0.15) is 5.56 Å². The first-order valence-corrected chi connectivity index (χ1v) is 5.92. The summed E-state index contributed by atoms with van der Waals surface area (Å²) in [4.78, 5) is 0. The van der Waals surface area contributed by atoms with Crippen LogP contribution in [0.5, 0.6) is 5.75 Å². The van der Waals surface area contributed by atoms with E-state index in [0.717, 1.165) is 0 Å². The lowest BCUT2D eigenvalue weighted by Crippen LogP contribution is -1.87. The van der Waals surface area contributed by atoms with E-state index in [1.807, 2.05) is 0 Å². The SMILES string of the molecule is COc1ccc(/C=N/S(=O)(=O)Cl)cc1. The van der Waals surface area contributed by atoms with Crippen molar-refractivity contribution in [2.45, 2.75) is 0 Å². The number of benzene rings is 1. The van der Waals surface area contributed by atoms with Gasteiger partial charge in [0, 0.05) is 16.9 Å². The number of rotatable bonds is 3. The summed E-state index contributed by atoms with van der Waals surface area (Å²) in [7, 11) is 2.61. The molecule has 0 radical (unpaired) electrons. The molecule has 0 heterocycles. The van der Waals surface area contributed by atoms with Gasteiger partial charge in [-0.15, -0.1) is 0 Å². The van der Waals surface area contributed by atoms with Crippen molar-refractivity contribution >= 4 is 26.1 Å². The van der Waals surface area contributed by atoms with Gasteiger partial charge in [0.1, 0.15) is 5.75 Å². The molecule has 0 N–H and O–H groups in total. The quantitative estimate of drug-likeness (QED) is 0.589. The molecule has 14 heavy (non-hydrogen) atoms. The summed E-state index contributed by atoms with van der Waals surface area (Å²) in [5.41, 5.74) is 0.634. The van der Waals surface area contributed by atoms with Crippen LogP contribution in [0, 0.1) is 0 Å². The first kappa shape index (κ1) is 11.0. The number of ether oxygens (including phenoxy) is 1. The van der Waals surface area contributed by atoms with E-state index in [1.165, 1.54) is 6.21 Å².